The fourth-order valence-corrected chi connectivity index (χ4v) is 1.87. The normalized spacial score (nSPS) is 22.5. The summed E-state index contributed by atoms with van der Waals surface area (Å²) in [5.41, 5.74) is 0. The van der Waals surface area contributed by atoms with Crippen molar-refractivity contribution >= 4 is 11.9 Å². The maximum Gasteiger partial charge on any atom is 0.328 e. The van der Waals surface area contributed by atoms with E-state index in [0.29, 0.717) is 0 Å². The maximum absolute atomic E-state index is 11.8. The number of ether oxygens (including phenoxy) is 1. The van der Waals surface area contributed by atoms with Crippen LogP contribution in [0.2, 0.25) is 0 Å². The van der Waals surface area contributed by atoms with Crippen LogP contribution in [0.25, 0.3) is 0 Å². The van der Waals surface area contributed by atoms with E-state index in [-0.39, 0.29) is 18.6 Å². The second-order valence-corrected chi connectivity index (χ2v) is 4.21. The first-order chi connectivity index (χ1) is 8.15. The molecule has 1 heterocycles. The zero-order valence-electron chi connectivity index (χ0n) is 10.1. The first-order valence-electron chi connectivity index (χ1n) is 5.90. The summed E-state index contributed by atoms with van der Waals surface area (Å²) in [4.78, 5) is 22.7. The summed E-state index contributed by atoms with van der Waals surface area (Å²) in [6, 6.07) is -1.26. The zero-order valence-corrected chi connectivity index (χ0v) is 10.1. The van der Waals surface area contributed by atoms with E-state index in [2.05, 4.69) is 10.6 Å². The minimum absolute atomic E-state index is 0.0200. The van der Waals surface area contributed by atoms with Crippen molar-refractivity contribution in [1.82, 2.24) is 10.6 Å². The molecule has 1 amide bonds. The molecule has 0 bridgehead atoms. The van der Waals surface area contributed by atoms with Gasteiger partial charge in [0.1, 0.15) is 0 Å². The number of carboxylic acids is 1. The highest BCUT2D eigenvalue weighted by Crippen LogP contribution is 2.08. The van der Waals surface area contributed by atoms with Gasteiger partial charge >= 0.3 is 5.97 Å². The minimum atomic E-state index is -1.08. The van der Waals surface area contributed by atoms with Gasteiger partial charge in [0, 0.05) is 7.11 Å². The van der Waals surface area contributed by atoms with Gasteiger partial charge < -0.3 is 20.5 Å². The van der Waals surface area contributed by atoms with Gasteiger partial charge in [-0.3, -0.25) is 4.79 Å². The average Bonchev–Trinajstić information content (AvgIpc) is 2.56. The molecule has 3 N–H and O–H groups in total. The molecule has 1 fully saturated rings. The van der Waals surface area contributed by atoms with Crippen LogP contribution in [0.4, 0.5) is 0 Å². The lowest BCUT2D eigenvalue weighted by Gasteiger charge is -2.19. The Kier molecular flexibility index (Phi) is 5.93. The molecule has 17 heavy (non-hydrogen) atoms. The first kappa shape index (κ1) is 13.9. The lowest BCUT2D eigenvalue weighted by atomic mass is 10.1. The van der Waals surface area contributed by atoms with Crippen LogP contribution in [0.1, 0.15) is 25.7 Å². The van der Waals surface area contributed by atoms with Crippen LogP contribution in [-0.4, -0.2) is 49.3 Å². The van der Waals surface area contributed by atoms with Crippen LogP contribution in [0.15, 0.2) is 0 Å². The molecule has 0 spiro atoms. The van der Waals surface area contributed by atoms with Crippen LogP contribution in [0.5, 0.6) is 0 Å². The minimum Gasteiger partial charge on any atom is -0.480 e. The summed E-state index contributed by atoms with van der Waals surface area (Å²) in [5, 5.41) is 14.5. The largest absolute Gasteiger partial charge is 0.480 e. The van der Waals surface area contributed by atoms with Gasteiger partial charge in [0.2, 0.25) is 5.91 Å². The Morgan fingerprint density at radius 3 is 2.88 bits per heavy atom. The number of nitrogens with one attached hydrogen (secondary N) is 2. The summed E-state index contributed by atoms with van der Waals surface area (Å²) in [5.74, 6) is -1.33. The molecule has 1 aliphatic rings. The maximum atomic E-state index is 11.8. The molecule has 1 saturated heterocycles. The molecule has 6 heteroatoms. The van der Waals surface area contributed by atoms with Gasteiger partial charge in [-0.05, 0) is 19.4 Å². The third-order valence-corrected chi connectivity index (χ3v) is 2.82. The second-order valence-electron chi connectivity index (χ2n) is 4.21. The van der Waals surface area contributed by atoms with Crippen LogP contribution >= 0.6 is 0 Å². The lowest BCUT2D eigenvalue weighted by molar-refractivity contribution is -0.143. The lowest BCUT2D eigenvalue weighted by Crippen LogP contribution is -2.51. The Balaban J connectivity index is 2.47. The Bertz CT molecular complexity index is 262. The second kappa shape index (κ2) is 7.24. The fraction of sp³-hybridized carbons (Fsp3) is 0.818. The fourth-order valence-electron chi connectivity index (χ4n) is 1.87. The molecule has 0 radical (unpaired) electrons. The third kappa shape index (κ3) is 4.70. The first-order valence-corrected chi connectivity index (χ1v) is 5.90. The number of hydrogen-bond donors (Lipinski definition) is 3. The van der Waals surface area contributed by atoms with E-state index in [1.165, 1.54) is 7.11 Å². The summed E-state index contributed by atoms with van der Waals surface area (Å²) in [7, 11) is 1.41. The number of carbonyl (C=O) groups is 2. The predicted octanol–water partition coefficient (Wildman–Crippen LogP) is -0.266. The molecule has 2 atom stereocenters. The van der Waals surface area contributed by atoms with E-state index < -0.39 is 12.0 Å². The van der Waals surface area contributed by atoms with Crippen molar-refractivity contribution in [3.63, 3.8) is 0 Å². The molecular formula is C11H20N2O4. The molecule has 0 aliphatic carbocycles. The highest BCUT2D eigenvalue weighted by atomic mass is 16.5. The third-order valence-electron chi connectivity index (χ3n) is 2.82. The number of carboxylic acid groups (broad SMARTS) is 1. The number of hydrogen-bond acceptors (Lipinski definition) is 4. The molecule has 2 unspecified atom stereocenters. The molecule has 6 nitrogen and oxygen atoms in total. The molecule has 0 aromatic heterocycles. The molecule has 0 aromatic carbocycles. The quantitative estimate of drug-likeness (QED) is 0.620. The predicted molar refractivity (Wildman–Crippen MR) is 61.7 cm³/mol. The van der Waals surface area contributed by atoms with Crippen LogP contribution in [0.3, 0.4) is 0 Å². The Morgan fingerprint density at radius 2 is 2.24 bits per heavy atom. The van der Waals surface area contributed by atoms with Crippen LogP contribution in [-0.2, 0) is 14.3 Å². The van der Waals surface area contributed by atoms with Crippen LogP contribution in [0, 0.1) is 0 Å². The monoisotopic (exact) mass is 244 g/mol. The van der Waals surface area contributed by atoms with Crippen molar-refractivity contribution in [3.05, 3.63) is 0 Å². The average molecular weight is 244 g/mol. The summed E-state index contributed by atoms with van der Waals surface area (Å²) in [6.45, 7) is 0.786. The SMILES string of the molecule is COCC(NC(=O)C1CCCCCN1)C(=O)O. The van der Waals surface area contributed by atoms with Crippen molar-refractivity contribution in [2.45, 2.75) is 37.8 Å². The molecule has 98 valence electrons. The number of methoxy groups -OCH3 is 1. The molecule has 1 aliphatic heterocycles. The van der Waals surface area contributed by atoms with E-state index in [1.807, 2.05) is 0 Å². The number of rotatable bonds is 5. The van der Waals surface area contributed by atoms with Gasteiger partial charge in [-0.25, -0.2) is 4.79 Å². The van der Waals surface area contributed by atoms with Gasteiger partial charge in [-0.15, -0.1) is 0 Å². The molecule has 1 rings (SSSR count). The van der Waals surface area contributed by atoms with Crippen molar-refractivity contribution in [3.8, 4) is 0 Å². The van der Waals surface area contributed by atoms with Crippen molar-refractivity contribution in [2.24, 2.45) is 0 Å². The van der Waals surface area contributed by atoms with Gasteiger partial charge in [0.05, 0.1) is 12.6 Å². The molecule has 0 saturated carbocycles. The van der Waals surface area contributed by atoms with Crippen LogP contribution < -0.4 is 10.6 Å². The van der Waals surface area contributed by atoms with Crippen molar-refractivity contribution < 1.29 is 19.4 Å². The van der Waals surface area contributed by atoms with E-state index >= 15 is 0 Å². The highest BCUT2D eigenvalue weighted by Gasteiger charge is 2.25. The number of aliphatic carboxylic acids is 1. The summed E-state index contributed by atoms with van der Waals surface area (Å²) < 4.78 is 4.76. The van der Waals surface area contributed by atoms with Gasteiger partial charge in [-0.2, -0.15) is 0 Å². The van der Waals surface area contributed by atoms with Gasteiger partial charge in [0.15, 0.2) is 6.04 Å². The smallest absolute Gasteiger partial charge is 0.328 e. The van der Waals surface area contributed by atoms with Crippen molar-refractivity contribution in [1.29, 1.82) is 0 Å². The highest BCUT2D eigenvalue weighted by molar-refractivity contribution is 5.87. The molecular weight excluding hydrogens is 224 g/mol. The number of amides is 1. The van der Waals surface area contributed by atoms with Crippen molar-refractivity contribution in [2.75, 3.05) is 20.3 Å². The topological polar surface area (TPSA) is 87.7 Å². The van der Waals surface area contributed by atoms with Gasteiger partial charge in [-0.1, -0.05) is 12.8 Å². The van der Waals surface area contributed by atoms with E-state index in [9.17, 15) is 9.59 Å². The molecule has 0 aromatic rings. The van der Waals surface area contributed by atoms with E-state index in [0.717, 1.165) is 32.2 Å². The Hall–Kier alpha value is -1.14. The van der Waals surface area contributed by atoms with Gasteiger partial charge in [0.25, 0.3) is 0 Å². The Morgan fingerprint density at radius 1 is 1.47 bits per heavy atom. The Labute approximate surface area is 101 Å². The number of carbonyl (C=O) groups excluding carboxylic acids is 1. The standard InChI is InChI=1S/C11H20N2O4/c1-17-7-9(11(15)16)13-10(14)8-5-3-2-4-6-12-8/h8-9,12H,2-7H2,1H3,(H,13,14)(H,15,16). The van der Waals surface area contributed by atoms with E-state index in [4.69, 9.17) is 9.84 Å². The van der Waals surface area contributed by atoms with E-state index in [1.54, 1.807) is 0 Å². The summed E-state index contributed by atoms with van der Waals surface area (Å²) in [6.07, 6.45) is 3.92. The summed E-state index contributed by atoms with van der Waals surface area (Å²) >= 11 is 0. The zero-order chi connectivity index (χ0) is 12.7.